The van der Waals surface area contributed by atoms with Gasteiger partial charge in [0.1, 0.15) is 0 Å². The molecule has 0 aliphatic heterocycles. The van der Waals surface area contributed by atoms with Gasteiger partial charge in [0.2, 0.25) is 0 Å². The van der Waals surface area contributed by atoms with Crippen molar-refractivity contribution in [3.8, 4) is 0 Å². The summed E-state index contributed by atoms with van der Waals surface area (Å²) in [5.41, 5.74) is 0. The number of rotatable bonds is 11. The first kappa shape index (κ1) is 18.2. The van der Waals surface area contributed by atoms with Crippen molar-refractivity contribution in [1.82, 2.24) is 15.1 Å². The molecule has 0 aromatic rings. The largest absolute Gasteiger partial charge is 0.379 e. The van der Waals surface area contributed by atoms with Crippen molar-refractivity contribution in [1.29, 1.82) is 0 Å². The minimum Gasteiger partial charge on any atom is -0.379 e. The van der Waals surface area contributed by atoms with Crippen LogP contribution < -0.4 is 5.32 Å². The molecule has 1 N–H and O–H groups in total. The number of hydrogen-bond donors (Lipinski definition) is 1. The first-order chi connectivity index (χ1) is 10.2. The van der Waals surface area contributed by atoms with Crippen molar-refractivity contribution >= 4 is 5.96 Å². The molecule has 0 amide bonds. The van der Waals surface area contributed by atoms with Crippen molar-refractivity contribution in [3.05, 3.63) is 0 Å². The van der Waals surface area contributed by atoms with E-state index in [9.17, 15) is 0 Å². The molecule has 5 nitrogen and oxygen atoms in total. The fourth-order valence-electron chi connectivity index (χ4n) is 2.13. The standard InChI is InChI=1S/C16H34N4O/c1-5-6-10-19(3)11-9-18-16(17-2)20(4)12-13-21-14-15-7-8-15/h15H,5-14H2,1-4H3,(H,17,18). The van der Waals surface area contributed by atoms with E-state index < -0.39 is 0 Å². The molecule has 1 aliphatic rings. The Kier molecular flexibility index (Phi) is 9.42. The van der Waals surface area contributed by atoms with E-state index in [4.69, 9.17) is 4.74 Å². The topological polar surface area (TPSA) is 40.1 Å². The quantitative estimate of drug-likeness (QED) is 0.358. The number of likely N-dealkylation sites (N-methyl/N-ethyl adjacent to an activating group) is 2. The third-order valence-electron chi connectivity index (χ3n) is 3.86. The third-order valence-corrected chi connectivity index (χ3v) is 3.86. The number of aliphatic imine (C=N–C) groups is 1. The Hall–Kier alpha value is -0.810. The van der Waals surface area contributed by atoms with E-state index in [1.54, 1.807) is 0 Å². The highest BCUT2D eigenvalue weighted by Gasteiger charge is 2.21. The van der Waals surface area contributed by atoms with Crippen molar-refractivity contribution in [2.75, 3.05) is 60.5 Å². The molecule has 1 aliphatic carbocycles. The van der Waals surface area contributed by atoms with E-state index >= 15 is 0 Å². The first-order valence-corrected chi connectivity index (χ1v) is 8.35. The highest BCUT2D eigenvalue weighted by molar-refractivity contribution is 5.79. The number of hydrogen-bond acceptors (Lipinski definition) is 3. The fourth-order valence-corrected chi connectivity index (χ4v) is 2.13. The minimum atomic E-state index is 0.782. The Labute approximate surface area is 130 Å². The SMILES string of the molecule is CCCCN(C)CCNC(=NC)N(C)CCOCC1CC1. The molecule has 0 aromatic carbocycles. The average Bonchev–Trinajstić information content (AvgIpc) is 3.30. The predicted octanol–water partition coefficient (Wildman–Crippen LogP) is 1.65. The van der Waals surface area contributed by atoms with Gasteiger partial charge in [0.15, 0.2) is 5.96 Å². The molecule has 0 heterocycles. The van der Waals surface area contributed by atoms with Gasteiger partial charge in [0.25, 0.3) is 0 Å². The van der Waals surface area contributed by atoms with E-state index in [1.807, 2.05) is 7.05 Å². The van der Waals surface area contributed by atoms with Crippen LogP contribution in [0.1, 0.15) is 32.6 Å². The molecule has 1 rings (SSSR count). The fraction of sp³-hybridized carbons (Fsp3) is 0.938. The lowest BCUT2D eigenvalue weighted by molar-refractivity contribution is 0.115. The maximum Gasteiger partial charge on any atom is 0.193 e. The summed E-state index contributed by atoms with van der Waals surface area (Å²) in [6, 6.07) is 0. The lowest BCUT2D eigenvalue weighted by Gasteiger charge is -2.23. The molecular formula is C16H34N4O. The van der Waals surface area contributed by atoms with E-state index in [1.165, 1.54) is 32.2 Å². The van der Waals surface area contributed by atoms with Crippen LogP contribution in [0.2, 0.25) is 0 Å². The smallest absolute Gasteiger partial charge is 0.193 e. The van der Waals surface area contributed by atoms with Crippen molar-refractivity contribution in [2.45, 2.75) is 32.6 Å². The van der Waals surface area contributed by atoms with Gasteiger partial charge in [-0.2, -0.15) is 0 Å². The van der Waals surface area contributed by atoms with Crippen LogP contribution in [0.15, 0.2) is 4.99 Å². The average molecular weight is 298 g/mol. The van der Waals surface area contributed by atoms with Crippen LogP contribution in [0.4, 0.5) is 0 Å². The van der Waals surface area contributed by atoms with Crippen LogP contribution in [0.3, 0.4) is 0 Å². The van der Waals surface area contributed by atoms with Crippen LogP contribution >= 0.6 is 0 Å². The lowest BCUT2D eigenvalue weighted by atomic mass is 10.3. The zero-order chi connectivity index (χ0) is 15.5. The zero-order valence-corrected chi connectivity index (χ0v) is 14.4. The highest BCUT2D eigenvalue weighted by Crippen LogP contribution is 2.28. The highest BCUT2D eigenvalue weighted by atomic mass is 16.5. The summed E-state index contributed by atoms with van der Waals surface area (Å²) in [4.78, 5) is 8.83. The van der Waals surface area contributed by atoms with Gasteiger partial charge in [-0.15, -0.1) is 0 Å². The Morgan fingerprint density at radius 2 is 2.00 bits per heavy atom. The summed E-state index contributed by atoms with van der Waals surface area (Å²) >= 11 is 0. The number of unbranched alkanes of at least 4 members (excludes halogenated alkanes) is 1. The zero-order valence-electron chi connectivity index (χ0n) is 14.4. The van der Waals surface area contributed by atoms with Crippen molar-refractivity contribution < 1.29 is 4.74 Å². The van der Waals surface area contributed by atoms with Gasteiger partial charge >= 0.3 is 0 Å². The lowest BCUT2D eigenvalue weighted by Crippen LogP contribution is -2.43. The van der Waals surface area contributed by atoms with Crippen LogP contribution in [0.25, 0.3) is 0 Å². The molecule has 1 fully saturated rings. The Morgan fingerprint density at radius 1 is 1.24 bits per heavy atom. The second kappa shape index (κ2) is 10.9. The van der Waals surface area contributed by atoms with E-state index in [0.717, 1.165) is 44.7 Å². The molecule has 1 saturated carbocycles. The van der Waals surface area contributed by atoms with Crippen molar-refractivity contribution in [2.24, 2.45) is 10.9 Å². The van der Waals surface area contributed by atoms with Gasteiger partial charge < -0.3 is 19.9 Å². The van der Waals surface area contributed by atoms with Gasteiger partial charge in [-0.05, 0) is 38.8 Å². The Morgan fingerprint density at radius 3 is 2.62 bits per heavy atom. The summed E-state index contributed by atoms with van der Waals surface area (Å²) in [6.45, 7) is 7.98. The van der Waals surface area contributed by atoms with Gasteiger partial charge in [-0.25, -0.2) is 0 Å². The molecule has 0 radical (unpaired) electrons. The van der Waals surface area contributed by atoms with Gasteiger partial charge in [0.05, 0.1) is 6.61 Å². The van der Waals surface area contributed by atoms with E-state index in [2.05, 4.69) is 41.1 Å². The molecular weight excluding hydrogens is 264 g/mol. The normalized spacial score (nSPS) is 15.6. The molecule has 0 aromatic heterocycles. The summed E-state index contributed by atoms with van der Waals surface area (Å²) in [5.74, 6) is 1.79. The van der Waals surface area contributed by atoms with Crippen LogP contribution in [0.5, 0.6) is 0 Å². The molecule has 0 saturated heterocycles. The molecule has 21 heavy (non-hydrogen) atoms. The molecule has 0 atom stereocenters. The third kappa shape index (κ3) is 8.94. The summed E-state index contributed by atoms with van der Waals surface area (Å²) in [5, 5.41) is 3.42. The van der Waals surface area contributed by atoms with Crippen LogP contribution in [-0.4, -0.2) is 76.3 Å². The van der Waals surface area contributed by atoms with Gasteiger partial charge in [0, 0.05) is 40.3 Å². The monoisotopic (exact) mass is 298 g/mol. The molecule has 124 valence electrons. The van der Waals surface area contributed by atoms with E-state index in [0.29, 0.717) is 0 Å². The number of guanidine groups is 1. The van der Waals surface area contributed by atoms with Crippen LogP contribution in [-0.2, 0) is 4.74 Å². The Balaban J connectivity index is 2.08. The Bertz CT molecular complexity index is 292. The number of nitrogens with one attached hydrogen (secondary N) is 1. The molecule has 0 bridgehead atoms. The van der Waals surface area contributed by atoms with E-state index in [-0.39, 0.29) is 0 Å². The first-order valence-electron chi connectivity index (χ1n) is 8.35. The van der Waals surface area contributed by atoms with Gasteiger partial charge in [-0.3, -0.25) is 4.99 Å². The molecule has 0 spiro atoms. The maximum absolute atomic E-state index is 5.68. The maximum atomic E-state index is 5.68. The second-order valence-electron chi connectivity index (χ2n) is 6.07. The summed E-state index contributed by atoms with van der Waals surface area (Å²) < 4.78 is 5.68. The predicted molar refractivity (Wildman–Crippen MR) is 89.9 cm³/mol. The molecule has 5 heteroatoms. The summed E-state index contributed by atoms with van der Waals surface area (Å²) in [6.07, 6.45) is 5.22. The van der Waals surface area contributed by atoms with Crippen molar-refractivity contribution in [3.63, 3.8) is 0 Å². The molecule has 0 unspecified atom stereocenters. The van der Waals surface area contributed by atoms with Gasteiger partial charge in [-0.1, -0.05) is 13.3 Å². The van der Waals surface area contributed by atoms with Crippen LogP contribution in [0, 0.1) is 5.92 Å². The second-order valence-corrected chi connectivity index (χ2v) is 6.07. The number of ether oxygens (including phenoxy) is 1. The summed E-state index contributed by atoms with van der Waals surface area (Å²) in [7, 11) is 6.08. The minimum absolute atomic E-state index is 0.782. The number of nitrogens with zero attached hydrogens (tertiary/aromatic N) is 3.